The molecule has 28 heavy (non-hydrogen) atoms. The number of hydrogen-bond acceptors (Lipinski definition) is 6. The van der Waals surface area contributed by atoms with Crippen molar-refractivity contribution >= 4 is 21.5 Å². The van der Waals surface area contributed by atoms with E-state index in [0.717, 1.165) is 5.56 Å². The summed E-state index contributed by atoms with van der Waals surface area (Å²) in [6.07, 6.45) is 0.330. The fraction of sp³-hybridized carbons (Fsp3) is 0.0909. The Labute approximate surface area is 160 Å². The van der Waals surface area contributed by atoms with Crippen LogP contribution in [0.3, 0.4) is 0 Å². The van der Waals surface area contributed by atoms with Gasteiger partial charge in [-0.1, -0.05) is 12.1 Å². The Hall–Kier alpha value is -3.80. The molecule has 0 atom stereocenters. The van der Waals surface area contributed by atoms with Crippen LogP contribution in [0.2, 0.25) is 0 Å². The van der Waals surface area contributed by atoms with Gasteiger partial charge >= 0.3 is 0 Å². The Kier molecular flexibility index (Phi) is 4.04. The van der Waals surface area contributed by atoms with Crippen molar-refractivity contribution in [1.29, 1.82) is 0 Å². The molecule has 0 aromatic heterocycles. The molecule has 4 aromatic carbocycles. The number of phenols is 5. The van der Waals surface area contributed by atoms with E-state index in [9.17, 15) is 25.5 Å². The third-order valence-corrected chi connectivity index (χ3v) is 4.90. The van der Waals surface area contributed by atoms with E-state index in [-0.39, 0.29) is 28.0 Å². The molecule has 6 nitrogen and oxygen atoms in total. The highest BCUT2D eigenvalue weighted by Gasteiger charge is 2.22. The molecule has 0 aliphatic rings. The van der Waals surface area contributed by atoms with Gasteiger partial charge in [0.2, 0.25) is 0 Å². The molecule has 6 heteroatoms. The Morgan fingerprint density at radius 1 is 0.714 bits per heavy atom. The van der Waals surface area contributed by atoms with Crippen LogP contribution in [0.15, 0.2) is 48.5 Å². The lowest BCUT2D eigenvalue weighted by Crippen LogP contribution is -1.97. The third-order valence-electron chi connectivity index (χ3n) is 4.90. The highest BCUT2D eigenvalue weighted by molar-refractivity contribution is 6.17. The second kappa shape index (κ2) is 6.42. The molecular weight excluding hydrogens is 360 g/mol. The van der Waals surface area contributed by atoms with Gasteiger partial charge in [0.25, 0.3) is 0 Å². The summed E-state index contributed by atoms with van der Waals surface area (Å²) in [5, 5.41) is 52.5. The van der Waals surface area contributed by atoms with Crippen LogP contribution in [-0.2, 0) is 6.42 Å². The Balaban J connectivity index is 2.11. The number of ether oxygens (including phenoxy) is 1. The van der Waals surface area contributed by atoms with Gasteiger partial charge in [-0.2, -0.15) is 0 Å². The molecule has 0 aliphatic carbocycles. The SMILES string of the molecule is COc1cc(O)c2c(c(O)c(O)c3cc(O)ccc32)c1Cc1ccc(O)cc1. The molecule has 0 bridgehead atoms. The first kappa shape index (κ1) is 17.6. The van der Waals surface area contributed by atoms with Crippen LogP contribution >= 0.6 is 0 Å². The van der Waals surface area contributed by atoms with Crippen LogP contribution in [-0.4, -0.2) is 32.6 Å². The minimum atomic E-state index is -0.406. The van der Waals surface area contributed by atoms with E-state index in [4.69, 9.17) is 4.74 Å². The van der Waals surface area contributed by atoms with E-state index in [2.05, 4.69) is 0 Å². The lowest BCUT2D eigenvalue weighted by atomic mass is 9.92. The number of aromatic hydroxyl groups is 5. The largest absolute Gasteiger partial charge is 0.508 e. The number of methoxy groups -OCH3 is 1. The van der Waals surface area contributed by atoms with Crippen molar-refractivity contribution in [3.05, 3.63) is 59.7 Å². The van der Waals surface area contributed by atoms with Crippen molar-refractivity contribution in [3.63, 3.8) is 0 Å². The maximum Gasteiger partial charge on any atom is 0.166 e. The van der Waals surface area contributed by atoms with E-state index in [0.29, 0.717) is 28.5 Å². The maximum atomic E-state index is 10.8. The molecule has 0 fully saturated rings. The molecule has 0 heterocycles. The van der Waals surface area contributed by atoms with Crippen LogP contribution in [0.1, 0.15) is 11.1 Å². The summed E-state index contributed by atoms with van der Waals surface area (Å²) in [6.45, 7) is 0. The van der Waals surface area contributed by atoms with Gasteiger partial charge in [-0.25, -0.2) is 0 Å². The molecular formula is C22H18O6. The second-order valence-electron chi connectivity index (χ2n) is 6.60. The summed E-state index contributed by atoms with van der Waals surface area (Å²) in [4.78, 5) is 0. The molecule has 0 radical (unpaired) electrons. The lowest BCUT2D eigenvalue weighted by Gasteiger charge is -2.18. The topological polar surface area (TPSA) is 110 Å². The predicted molar refractivity (Wildman–Crippen MR) is 106 cm³/mol. The van der Waals surface area contributed by atoms with Crippen molar-refractivity contribution < 1.29 is 30.3 Å². The first-order valence-electron chi connectivity index (χ1n) is 8.57. The summed E-state index contributed by atoms with van der Waals surface area (Å²) < 4.78 is 5.41. The Morgan fingerprint density at radius 3 is 2.07 bits per heavy atom. The van der Waals surface area contributed by atoms with Gasteiger partial charge < -0.3 is 30.3 Å². The average Bonchev–Trinajstić information content (AvgIpc) is 2.68. The van der Waals surface area contributed by atoms with Crippen LogP contribution in [0, 0.1) is 0 Å². The van der Waals surface area contributed by atoms with E-state index < -0.39 is 11.5 Å². The molecule has 0 saturated heterocycles. The molecule has 0 spiro atoms. The molecule has 142 valence electrons. The summed E-state index contributed by atoms with van der Waals surface area (Å²) in [5.74, 6) is -0.497. The molecule has 0 saturated carbocycles. The fourth-order valence-electron chi connectivity index (χ4n) is 3.59. The number of fused-ring (bicyclic) bond motifs is 3. The first-order chi connectivity index (χ1) is 13.4. The van der Waals surface area contributed by atoms with Crippen molar-refractivity contribution in [2.75, 3.05) is 7.11 Å². The minimum Gasteiger partial charge on any atom is -0.508 e. The van der Waals surface area contributed by atoms with Crippen molar-refractivity contribution in [2.24, 2.45) is 0 Å². The monoisotopic (exact) mass is 378 g/mol. The minimum absolute atomic E-state index is 0.0705. The molecule has 0 unspecified atom stereocenters. The third kappa shape index (κ3) is 2.66. The summed E-state index contributed by atoms with van der Waals surface area (Å²) >= 11 is 0. The van der Waals surface area contributed by atoms with Crippen LogP contribution in [0.4, 0.5) is 0 Å². The summed E-state index contributed by atoms with van der Waals surface area (Å²) in [6, 6.07) is 12.4. The second-order valence-corrected chi connectivity index (χ2v) is 6.60. The zero-order chi connectivity index (χ0) is 20.0. The molecule has 0 aliphatic heterocycles. The van der Waals surface area contributed by atoms with Gasteiger partial charge in [-0.05, 0) is 41.3 Å². The maximum absolute atomic E-state index is 10.8. The average molecular weight is 378 g/mol. The highest BCUT2D eigenvalue weighted by Crippen LogP contribution is 2.49. The Bertz CT molecular complexity index is 1210. The van der Waals surface area contributed by atoms with E-state index >= 15 is 0 Å². The molecule has 4 rings (SSSR count). The standard InChI is InChI=1S/C22H18O6/c1-28-18-10-17(25)19-14-7-6-13(24)9-15(14)21(26)22(27)20(19)16(18)8-11-2-4-12(23)5-3-11/h2-7,9-10,23-27H,8H2,1H3. The fourth-order valence-corrected chi connectivity index (χ4v) is 3.59. The van der Waals surface area contributed by atoms with Crippen LogP contribution in [0.5, 0.6) is 34.5 Å². The van der Waals surface area contributed by atoms with Gasteiger partial charge in [0, 0.05) is 34.2 Å². The zero-order valence-electron chi connectivity index (χ0n) is 15.0. The van der Waals surface area contributed by atoms with Crippen molar-refractivity contribution in [3.8, 4) is 34.5 Å². The number of hydrogen-bond donors (Lipinski definition) is 5. The number of benzene rings is 4. The quantitative estimate of drug-likeness (QED) is 0.271. The lowest BCUT2D eigenvalue weighted by molar-refractivity contribution is 0.401. The van der Waals surface area contributed by atoms with Crippen LogP contribution < -0.4 is 4.74 Å². The number of phenolic OH excluding ortho intramolecular Hbond substituents is 5. The van der Waals surface area contributed by atoms with Crippen molar-refractivity contribution in [2.45, 2.75) is 6.42 Å². The first-order valence-corrected chi connectivity index (χ1v) is 8.57. The molecule has 5 N–H and O–H groups in total. The molecule has 0 amide bonds. The predicted octanol–water partition coefficient (Wildman–Crippen LogP) is 4.12. The van der Waals surface area contributed by atoms with Gasteiger partial charge in [0.15, 0.2) is 11.5 Å². The smallest absolute Gasteiger partial charge is 0.166 e. The van der Waals surface area contributed by atoms with Gasteiger partial charge in [-0.3, -0.25) is 0 Å². The summed E-state index contributed by atoms with van der Waals surface area (Å²) in [7, 11) is 1.46. The number of rotatable bonds is 3. The Morgan fingerprint density at radius 2 is 1.39 bits per heavy atom. The van der Waals surface area contributed by atoms with Crippen molar-refractivity contribution in [1.82, 2.24) is 0 Å². The zero-order valence-corrected chi connectivity index (χ0v) is 15.0. The van der Waals surface area contributed by atoms with Gasteiger partial charge in [0.1, 0.15) is 23.0 Å². The van der Waals surface area contributed by atoms with Gasteiger partial charge in [-0.15, -0.1) is 0 Å². The van der Waals surface area contributed by atoms with Gasteiger partial charge in [0.05, 0.1) is 7.11 Å². The van der Waals surface area contributed by atoms with E-state index in [1.807, 2.05) is 0 Å². The molecule has 4 aromatic rings. The normalized spacial score (nSPS) is 11.2. The summed E-state index contributed by atoms with van der Waals surface area (Å²) in [5.41, 5.74) is 1.41. The van der Waals surface area contributed by atoms with E-state index in [1.165, 1.54) is 25.3 Å². The highest BCUT2D eigenvalue weighted by atomic mass is 16.5. The van der Waals surface area contributed by atoms with Crippen LogP contribution in [0.25, 0.3) is 21.5 Å². The van der Waals surface area contributed by atoms with E-state index in [1.54, 1.807) is 30.3 Å².